The average molecular weight is 352 g/mol. The largest absolute Gasteiger partial charge is 0.469 e. The normalized spacial score (nSPS) is 22.5. The maximum absolute atomic E-state index is 13.1. The Hall–Kier alpha value is -2.67. The minimum absolute atomic E-state index is 0.0632. The summed E-state index contributed by atoms with van der Waals surface area (Å²) in [5.74, 6) is 2.46. The number of thiophene rings is 1. The number of aryl methyl sites for hydroxylation is 1. The zero-order valence-electron chi connectivity index (χ0n) is 13.6. The smallest absolute Gasteiger partial charge is 0.226 e. The molecule has 0 amide bonds. The molecule has 1 aliphatic carbocycles. The van der Waals surface area contributed by atoms with Crippen molar-refractivity contribution in [2.45, 2.75) is 31.7 Å². The summed E-state index contributed by atoms with van der Waals surface area (Å²) in [5, 5.41) is 9.90. The van der Waals surface area contributed by atoms with Gasteiger partial charge in [0.15, 0.2) is 5.78 Å². The minimum Gasteiger partial charge on any atom is -0.469 e. The van der Waals surface area contributed by atoms with Crippen molar-refractivity contribution >= 4 is 23.1 Å². The van der Waals surface area contributed by atoms with E-state index in [9.17, 15) is 4.79 Å². The Morgan fingerprint density at radius 1 is 1.32 bits per heavy atom. The molecule has 0 spiro atoms. The van der Waals surface area contributed by atoms with Crippen molar-refractivity contribution < 1.29 is 9.21 Å². The molecule has 0 saturated heterocycles. The maximum Gasteiger partial charge on any atom is 0.226 e. The zero-order valence-corrected chi connectivity index (χ0v) is 14.4. The van der Waals surface area contributed by atoms with Crippen molar-refractivity contribution in [2.75, 3.05) is 5.32 Å². The van der Waals surface area contributed by atoms with Gasteiger partial charge in [-0.3, -0.25) is 4.79 Å². The molecule has 126 valence electrons. The van der Waals surface area contributed by atoms with Crippen LogP contribution in [0.3, 0.4) is 0 Å². The first-order chi connectivity index (χ1) is 12.2. The van der Waals surface area contributed by atoms with Crippen LogP contribution in [-0.2, 0) is 4.79 Å². The van der Waals surface area contributed by atoms with Crippen LogP contribution >= 0.6 is 11.3 Å². The average Bonchev–Trinajstić information content (AvgIpc) is 3.33. The number of anilines is 1. The lowest BCUT2D eigenvalue weighted by molar-refractivity contribution is -0.116. The van der Waals surface area contributed by atoms with Crippen LogP contribution < -0.4 is 5.32 Å². The molecule has 3 aromatic heterocycles. The van der Waals surface area contributed by atoms with E-state index in [1.807, 2.05) is 35.2 Å². The molecule has 0 radical (unpaired) electrons. The molecular weight excluding hydrogens is 336 g/mol. The molecule has 2 atom stereocenters. The van der Waals surface area contributed by atoms with Crippen LogP contribution in [0.1, 0.15) is 41.3 Å². The summed E-state index contributed by atoms with van der Waals surface area (Å²) < 4.78 is 7.38. The first-order valence-corrected chi connectivity index (χ1v) is 9.12. The summed E-state index contributed by atoms with van der Waals surface area (Å²) >= 11 is 1.64. The van der Waals surface area contributed by atoms with E-state index in [4.69, 9.17) is 4.42 Å². The molecule has 4 heterocycles. The number of Topliss-reactive ketones (excluding diaryl/α,β-unsaturated/α-hetero) is 1. The minimum atomic E-state index is -0.197. The second-order valence-corrected chi connectivity index (χ2v) is 7.39. The van der Waals surface area contributed by atoms with E-state index in [1.165, 1.54) is 0 Å². The van der Waals surface area contributed by atoms with Gasteiger partial charge >= 0.3 is 0 Å². The third-order valence-electron chi connectivity index (χ3n) is 4.78. The van der Waals surface area contributed by atoms with E-state index in [0.29, 0.717) is 18.2 Å². The van der Waals surface area contributed by atoms with Crippen molar-refractivity contribution in [2.24, 2.45) is 0 Å². The summed E-state index contributed by atoms with van der Waals surface area (Å²) in [6.45, 7) is 1.87. The van der Waals surface area contributed by atoms with Gasteiger partial charge in [0.25, 0.3) is 0 Å². The van der Waals surface area contributed by atoms with Crippen LogP contribution in [0, 0.1) is 6.92 Å². The van der Waals surface area contributed by atoms with Crippen molar-refractivity contribution in [3.63, 3.8) is 0 Å². The van der Waals surface area contributed by atoms with Gasteiger partial charge < -0.3 is 9.73 Å². The third-order valence-corrected chi connectivity index (χ3v) is 5.71. The van der Waals surface area contributed by atoms with Gasteiger partial charge in [0, 0.05) is 28.5 Å². The summed E-state index contributed by atoms with van der Waals surface area (Å²) in [5.41, 5.74) is 1.75. The Kier molecular flexibility index (Phi) is 3.18. The van der Waals surface area contributed by atoms with Gasteiger partial charge in [-0.05, 0) is 36.9 Å². The molecule has 0 fully saturated rings. The molecule has 0 aromatic carbocycles. The van der Waals surface area contributed by atoms with Crippen molar-refractivity contribution in [3.05, 3.63) is 63.6 Å². The molecule has 5 rings (SSSR count). The summed E-state index contributed by atoms with van der Waals surface area (Å²) in [4.78, 5) is 18.7. The molecule has 25 heavy (non-hydrogen) atoms. The maximum atomic E-state index is 13.1. The van der Waals surface area contributed by atoms with Crippen LogP contribution in [0.2, 0.25) is 0 Å². The van der Waals surface area contributed by atoms with Crippen molar-refractivity contribution in [1.82, 2.24) is 14.8 Å². The number of nitrogens with one attached hydrogen (secondary N) is 1. The van der Waals surface area contributed by atoms with Gasteiger partial charge in [0.2, 0.25) is 5.95 Å². The molecule has 1 aliphatic heterocycles. The highest BCUT2D eigenvalue weighted by Crippen LogP contribution is 2.44. The van der Waals surface area contributed by atoms with E-state index in [0.717, 1.165) is 28.3 Å². The molecule has 0 saturated carbocycles. The molecule has 7 heteroatoms. The van der Waals surface area contributed by atoms with E-state index < -0.39 is 0 Å². The van der Waals surface area contributed by atoms with E-state index in [1.54, 1.807) is 17.6 Å². The Bertz CT molecular complexity index is 969. The zero-order chi connectivity index (χ0) is 17.0. The van der Waals surface area contributed by atoms with Crippen LogP contribution in [0.25, 0.3) is 0 Å². The quantitative estimate of drug-likeness (QED) is 0.762. The number of carbonyl (C=O) groups excluding carboxylic acids is 1. The number of aromatic nitrogens is 3. The lowest BCUT2D eigenvalue weighted by Gasteiger charge is -2.33. The monoisotopic (exact) mass is 352 g/mol. The van der Waals surface area contributed by atoms with E-state index in [-0.39, 0.29) is 17.7 Å². The highest BCUT2D eigenvalue weighted by Gasteiger charge is 2.40. The first-order valence-electron chi connectivity index (χ1n) is 8.24. The third kappa shape index (κ3) is 2.26. The number of ketones is 1. The number of nitrogens with zero attached hydrogens (tertiary/aromatic N) is 3. The van der Waals surface area contributed by atoms with Gasteiger partial charge in [-0.1, -0.05) is 6.07 Å². The van der Waals surface area contributed by atoms with Crippen LogP contribution in [0.4, 0.5) is 5.95 Å². The second kappa shape index (κ2) is 5.42. The number of hydrogen-bond donors (Lipinski definition) is 1. The van der Waals surface area contributed by atoms with E-state index >= 15 is 0 Å². The van der Waals surface area contributed by atoms with Gasteiger partial charge in [0.1, 0.15) is 17.6 Å². The van der Waals surface area contributed by atoms with Crippen molar-refractivity contribution in [3.8, 4) is 0 Å². The highest BCUT2D eigenvalue weighted by atomic mass is 32.1. The molecule has 1 N–H and O–H groups in total. The molecular formula is C18H16N4O2S. The lowest BCUT2D eigenvalue weighted by atomic mass is 9.81. The fourth-order valence-electron chi connectivity index (χ4n) is 3.75. The Morgan fingerprint density at radius 2 is 2.24 bits per heavy atom. The fourth-order valence-corrected chi connectivity index (χ4v) is 4.57. The number of allylic oxidation sites excluding steroid dienone is 2. The predicted molar refractivity (Wildman–Crippen MR) is 93.6 cm³/mol. The first kappa shape index (κ1) is 14.7. The van der Waals surface area contributed by atoms with Gasteiger partial charge in [0.05, 0.1) is 6.26 Å². The number of hydrogen-bond acceptors (Lipinski definition) is 6. The topological polar surface area (TPSA) is 73.0 Å². The Morgan fingerprint density at radius 3 is 3.00 bits per heavy atom. The van der Waals surface area contributed by atoms with Crippen molar-refractivity contribution in [1.29, 1.82) is 0 Å². The van der Waals surface area contributed by atoms with Gasteiger partial charge in [-0.15, -0.1) is 11.3 Å². The number of furan rings is 1. The number of rotatable bonds is 2. The van der Waals surface area contributed by atoms with Gasteiger partial charge in [-0.2, -0.15) is 10.1 Å². The molecule has 6 nitrogen and oxygen atoms in total. The molecule has 0 bridgehead atoms. The highest BCUT2D eigenvalue weighted by molar-refractivity contribution is 7.10. The SMILES string of the molecule is Cc1nc2n(n1)[C@H](c1cccs1)C1=C(C[C@H](c3ccco3)CC1=O)N2. The molecule has 0 unspecified atom stereocenters. The van der Waals surface area contributed by atoms with Crippen LogP contribution in [-0.4, -0.2) is 20.5 Å². The second-order valence-electron chi connectivity index (χ2n) is 6.41. The number of fused-ring (bicyclic) bond motifs is 1. The summed E-state index contributed by atoms with van der Waals surface area (Å²) in [6, 6.07) is 7.67. The Balaban J connectivity index is 1.63. The Labute approximate surface area is 148 Å². The number of carbonyl (C=O) groups is 1. The predicted octanol–water partition coefficient (Wildman–Crippen LogP) is 3.66. The standard InChI is InChI=1S/C18H16N4O2S/c1-10-19-18-20-12-8-11(14-4-2-6-24-14)9-13(23)16(12)17(22(18)21-10)15-5-3-7-25-15/h2-7,11,17H,8-9H2,1H3,(H,19,20,21)/t11-,17+/m0/s1. The van der Waals surface area contributed by atoms with Crippen LogP contribution in [0.15, 0.2) is 51.6 Å². The summed E-state index contributed by atoms with van der Waals surface area (Å²) in [6.07, 6.45) is 2.85. The summed E-state index contributed by atoms with van der Waals surface area (Å²) in [7, 11) is 0. The van der Waals surface area contributed by atoms with Crippen LogP contribution in [0.5, 0.6) is 0 Å². The lowest BCUT2D eigenvalue weighted by Crippen LogP contribution is -2.33. The van der Waals surface area contributed by atoms with E-state index in [2.05, 4.69) is 21.5 Å². The fraction of sp³-hybridized carbons (Fsp3) is 0.278. The molecule has 2 aliphatic rings. The van der Waals surface area contributed by atoms with Gasteiger partial charge in [-0.25, -0.2) is 4.68 Å². The molecule has 3 aromatic rings.